The Labute approximate surface area is 191 Å². The van der Waals surface area contributed by atoms with E-state index in [2.05, 4.69) is 43.1 Å². The molecule has 0 spiro atoms. The molecule has 2 aromatic carbocycles. The minimum absolute atomic E-state index is 0.104. The summed E-state index contributed by atoms with van der Waals surface area (Å²) in [5, 5.41) is 13.8. The van der Waals surface area contributed by atoms with E-state index in [1.807, 2.05) is 23.1 Å². The molecule has 0 aliphatic carbocycles. The van der Waals surface area contributed by atoms with E-state index < -0.39 is 0 Å². The molecule has 1 aromatic heterocycles. The lowest BCUT2D eigenvalue weighted by molar-refractivity contribution is 0.0702. The number of rotatable bonds is 4. The number of nitrogens with zero attached hydrogens (tertiary/aromatic N) is 2. The number of hydrogen-bond acceptors (Lipinski definition) is 5. The summed E-state index contributed by atoms with van der Waals surface area (Å²) in [6.45, 7) is 1.31. The molecule has 0 saturated carbocycles. The highest BCUT2D eigenvalue weighted by atomic mass is 79.9. The van der Waals surface area contributed by atoms with Gasteiger partial charge in [0.15, 0.2) is 11.5 Å². The van der Waals surface area contributed by atoms with Crippen molar-refractivity contribution in [1.82, 2.24) is 10.1 Å². The summed E-state index contributed by atoms with van der Waals surface area (Å²) in [6, 6.07) is 13.1. The normalized spacial score (nSPS) is 14.7. The summed E-state index contributed by atoms with van der Waals surface area (Å²) in [5.41, 5.74) is 2.17. The van der Waals surface area contributed by atoms with Crippen LogP contribution in [0.2, 0.25) is 0 Å². The highest BCUT2D eigenvalue weighted by Crippen LogP contribution is 2.37. The minimum atomic E-state index is -0.139. The van der Waals surface area contributed by atoms with E-state index in [1.54, 1.807) is 25.3 Å². The van der Waals surface area contributed by atoms with Gasteiger partial charge in [-0.2, -0.15) is 0 Å². The highest BCUT2D eigenvalue weighted by molar-refractivity contribution is 9.11. The number of phenols is 1. The van der Waals surface area contributed by atoms with Crippen molar-refractivity contribution in [2.75, 3.05) is 20.2 Å². The first kappa shape index (κ1) is 20.9. The van der Waals surface area contributed by atoms with E-state index in [0.717, 1.165) is 18.6 Å². The molecular formula is C22H20Br2N2O4. The topological polar surface area (TPSA) is 75.8 Å². The molecule has 156 valence electrons. The Morgan fingerprint density at radius 1 is 1.17 bits per heavy atom. The number of halogens is 2. The van der Waals surface area contributed by atoms with Crippen LogP contribution in [0.25, 0.3) is 11.3 Å². The van der Waals surface area contributed by atoms with Crippen molar-refractivity contribution in [2.24, 2.45) is 0 Å². The molecule has 30 heavy (non-hydrogen) atoms. The number of methoxy groups -OCH3 is 1. The molecule has 0 radical (unpaired) electrons. The fourth-order valence-corrected chi connectivity index (χ4v) is 4.97. The zero-order valence-corrected chi connectivity index (χ0v) is 19.4. The van der Waals surface area contributed by atoms with E-state index in [0.29, 0.717) is 39.3 Å². The SMILES string of the molecule is COc1ccccc1C1CCN(C(=O)c2cc(-c3cc(Br)c(O)c(Br)c3)on2)CC1. The molecule has 3 aromatic rings. The number of piperidine rings is 1. The smallest absolute Gasteiger partial charge is 0.276 e. The molecule has 1 aliphatic heterocycles. The van der Waals surface area contributed by atoms with Crippen LogP contribution in [-0.4, -0.2) is 41.3 Å². The van der Waals surface area contributed by atoms with Crippen LogP contribution >= 0.6 is 31.9 Å². The first-order valence-electron chi connectivity index (χ1n) is 9.55. The van der Waals surface area contributed by atoms with Gasteiger partial charge in [-0.3, -0.25) is 4.79 Å². The second-order valence-corrected chi connectivity index (χ2v) is 8.88. The summed E-state index contributed by atoms with van der Waals surface area (Å²) in [7, 11) is 1.69. The zero-order chi connectivity index (χ0) is 21.3. The predicted molar refractivity (Wildman–Crippen MR) is 120 cm³/mol. The number of benzene rings is 2. The van der Waals surface area contributed by atoms with Gasteiger partial charge in [-0.05, 0) is 74.4 Å². The lowest BCUT2D eigenvalue weighted by Crippen LogP contribution is -2.38. The lowest BCUT2D eigenvalue weighted by Gasteiger charge is -2.32. The number of likely N-dealkylation sites (tertiary alicyclic amines) is 1. The van der Waals surface area contributed by atoms with Gasteiger partial charge in [-0.15, -0.1) is 0 Å². The fourth-order valence-electron chi connectivity index (χ4n) is 3.78. The van der Waals surface area contributed by atoms with Gasteiger partial charge in [-0.25, -0.2) is 0 Å². The molecule has 1 fully saturated rings. The Morgan fingerprint density at radius 2 is 1.83 bits per heavy atom. The average molecular weight is 536 g/mol. The predicted octanol–water partition coefficient (Wildman–Crippen LogP) is 5.60. The lowest BCUT2D eigenvalue weighted by atomic mass is 9.88. The van der Waals surface area contributed by atoms with Crippen molar-refractivity contribution >= 4 is 37.8 Å². The molecule has 0 bridgehead atoms. The molecule has 1 saturated heterocycles. The summed E-state index contributed by atoms with van der Waals surface area (Å²) < 4.78 is 11.9. The molecule has 0 unspecified atom stereocenters. The number of hydrogen-bond donors (Lipinski definition) is 1. The van der Waals surface area contributed by atoms with Crippen LogP contribution in [-0.2, 0) is 0 Å². The van der Waals surface area contributed by atoms with E-state index in [-0.39, 0.29) is 17.4 Å². The number of amides is 1. The third-order valence-electron chi connectivity index (χ3n) is 5.39. The van der Waals surface area contributed by atoms with Crippen molar-refractivity contribution in [3.05, 3.63) is 62.7 Å². The number of phenolic OH excluding ortho intramolecular Hbond substituents is 1. The number of carbonyl (C=O) groups excluding carboxylic acids is 1. The van der Waals surface area contributed by atoms with Crippen molar-refractivity contribution in [3.63, 3.8) is 0 Å². The number of ether oxygens (including phenoxy) is 1. The first-order valence-corrected chi connectivity index (χ1v) is 11.1. The van der Waals surface area contributed by atoms with Crippen LogP contribution in [0.1, 0.15) is 34.8 Å². The standard InChI is InChI=1S/C22H20Br2N2O4/c1-29-19-5-3-2-4-15(19)13-6-8-26(9-7-13)22(28)18-12-20(30-25-18)14-10-16(23)21(27)17(24)11-14/h2-5,10-13,27H,6-9H2,1H3. The average Bonchev–Trinajstić information content (AvgIpc) is 3.27. The molecule has 8 heteroatoms. The Bertz CT molecular complexity index is 1050. The summed E-state index contributed by atoms with van der Waals surface area (Å²) in [6.07, 6.45) is 1.74. The monoisotopic (exact) mass is 534 g/mol. The first-order chi connectivity index (χ1) is 14.5. The second kappa shape index (κ2) is 8.81. The largest absolute Gasteiger partial charge is 0.506 e. The number of para-hydroxylation sites is 1. The molecular weight excluding hydrogens is 516 g/mol. The maximum absolute atomic E-state index is 12.9. The highest BCUT2D eigenvalue weighted by Gasteiger charge is 2.28. The minimum Gasteiger partial charge on any atom is -0.506 e. The van der Waals surface area contributed by atoms with Gasteiger partial charge < -0.3 is 19.3 Å². The van der Waals surface area contributed by atoms with Crippen molar-refractivity contribution in [1.29, 1.82) is 0 Å². The third-order valence-corrected chi connectivity index (χ3v) is 6.60. The summed E-state index contributed by atoms with van der Waals surface area (Å²) in [5.74, 6) is 1.69. The van der Waals surface area contributed by atoms with Crippen LogP contribution in [0, 0.1) is 0 Å². The van der Waals surface area contributed by atoms with Gasteiger partial charge >= 0.3 is 0 Å². The Balaban J connectivity index is 1.45. The van der Waals surface area contributed by atoms with Crippen LogP contribution in [0.5, 0.6) is 11.5 Å². The van der Waals surface area contributed by atoms with E-state index in [1.165, 1.54) is 5.56 Å². The van der Waals surface area contributed by atoms with Gasteiger partial charge in [0.1, 0.15) is 11.5 Å². The zero-order valence-electron chi connectivity index (χ0n) is 16.3. The quantitative estimate of drug-likeness (QED) is 0.470. The van der Waals surface area contributed by atoms with Crippen LogP contribution in [0.4, 0.5) is 0 Å². The van der Waals surface area contributed by atoms with Crippen molar-refractivity contribution < 1.29 is 19.2 Å². The van der Waals surface area contributed by atoms with Crippen molar-refractivity contribution in [2.45, 2.75) is 18.8 Å². The fraction of sp³-hybridized carbons (Fsp3) is 0.273. The Kier molecular flexibility index (Phi) is 6.15. The molecule has 6 nitrogen and oxygen atoms in total. The Morgan fingerprint density at radius 3 is 2.50 bits per heavy atom. The summed E-state index contributed by atoms with van der Waals surface area (Å²) in [4.78, 5) is 14.7. The van der Waals surface area contributed by atoms with Crippen LogP contribution < -0.4 is 4.74 Å². The van der Waals surface area contributed by atoms with Gasteiger partial charge in [0.05, 0.1) is 16.1 Å². The third kappa shape index (κ3) is 4.11. The van der Waals surface area contributed by atoms with Gasteiger partial charge in [-0.1, -0.05) is 23.4 Å². The maximum Gasteiger partial charge on any atom is 0.276 e. The van der Waals surface area contributed by atoms with Crippen molar-refractivity contribution in [3.8, 4) is 22.8 Å². The van der Waals surface area contributed by atoms with Gasteiger partial charge in [0, 0.05) is 24.7 Å². The molecule has 0 atom stereocenters. The molecule has 1 aliphatic rings. The molecule has 4 rings (SSSR count). The van der Waals surface area contributed by atoms with E-state index in [9.17, 15) is 9.90 Å². The molecule has 1 N–H and O–H groups in total. The molecule has 2 heterocycles. The van der Waals surface area contributed by atoms with E-state index in [4.69, 9.17) is 9.26 Å². The van der Waals surface area contributed by atoms with E-state index >= 15 is 0 Å². The van der Waals surface area contributed by atoms with Crippen LogP contribution in [0.15, 0.2) is 55.9 Å². The number of aromatic hydroxyl groups is 1. The molecule has 1 amide bonds. The van der Waals surface area contributed by atoms with Gasteiger partial charge in [0.2, 0.25) is 0 Å². The number of aromatic nitrogens is 1. The Hall–Kier alpha value is -2.32. The summed E-state index contributed by atoms with van der Waals surface area (Å²) >= 11 is 6.60. The van der Waals surface area contributed by atoms with Gasteiger partial charge in [0.25, 0.3) is 5.91 Å². The number of carbonyl (C=O) groups is 1. The van der Waals surface area contributed by atoms with Crippen LogP contribution in [0.3, 0.4) is 0 Å². The second-order valence-electron chi connectivity index (χ2n) is 7.17. The maximum atomic E-state index is 12.9.